The maximum Gasteiger partial charge on any atom is 0.319 e. The van der Waals surface area contributed by atoms with Gasteiger partial charge in [-0.1, -0.05) is 28.1 Å². The zero-order chi connectivity index (χ0) is 19.4. The Bertz CT molecular complexity index is 816. The average molecular weight is 430 g/mol. The summed E-state index contributed by atoms with van der Waals surface area (Å²) >= 11 is 3.49. The fourth-order valence-electron chi connectivity index (χ4n) is 2.88. The van der Waals surface area contributed by atoms with Crippen LogP contribution in [0.2, 0.25) is 0 Å². The van der Waals surface area contributed by atoms with E-state index in [2.05, 4.69) is 26.6 Å². The first kappa shape index (κ1) is 19.4. The van der Waals surface area contributed by atoms with Crippen molar-refractivity contribution in [2.75, 3.05) is 5.32 Å². The summed E-state index contributed by atoms with van der Waals surface area (Å²) in [7, 11) is 0. The molecule has 0 spiro atoms. The predicted octanol–water partition coefficient (Wildman–Crippen LogP) is 4.78. The molecule has 1 aliphatic carbocycles. The Balaban J connectivity index is 1.68. The van der Waals surface area contributed by atoms with Crippen LogP contribution in [0.5, 0.6) is 0 Å². The van der Waals surface area contributed by atoms with Gasteiger partial charge in [-0.05, 0) is 68.7 Å². The Morgan fingerprint density at radius 1 is 1.15 bits per heavy atom. The summed E-state index contributed by atoms with van der Waals surface area (Å²) < 4.78 is 1.01. The number of urea groups is 1. The van der Waals surface area contributed by atoms with Crippen LogP contribution in [0.3, 0.4) is 0 Å². The van der Waals surface area contributed by atoms with E-state index in [4.69, 9.17) is 0 Å². The van der Waals surface area contributed by atoms with Gasteiger partial charge in [0.15, 0.2) is 0 Å². The fourth-order valence-corrected chi connectivity index (χ4v) is 3.32. The van der Waals surface area contributed by atoms with E-state index >= 15 is 0 Å². The van der Waals surface area contributed by atoms with Gasteiger partial charge in [0.2, 0.25) is 0 Å². The first-order chi connectivity index (χ1) is 12.9. The van der Waals surface area contributed by atoms with Gasteiger partial charge in [-0.2, -0.15) is 0 Å². The molecule has 0 saturated heterocycles. The summed E-state index contributed by atoms with van der Waals surface area (Å²) in [5.74, 6) is 0.0238. The van der Waals surface area contributed by atoms with Crippen molar-refractivity contribution < 1.29 is 9.59 Å². The van der Waals surface area contributed by atoms with E-state index in [-0.39, 0.29) is 18.0 Å². The number of rotatable bonds is 6. The highest BCUT2D eigenvalue weighted by Crippen LogP contribution is 2.30. The van der Waals surface area contributed by atoms with Crippen molar-refractivity contribution in [3.63, 3.8) is 0 Å². The molecule has 1 saturated carbocycles. The van der Waals surface area contributed by atoms with Gasteiger partial charge in [-0.25, -0.2) is 4.79 Å². The van der Waals surface area contributed by atoms with Crippen LogP contribution < -0.4 is 10.6 Å². The number of benzene rings is 2. The van der Waals surface area contributed by atoms with E-state index in [0.29, 0.717) is 23.8 Å². The Morgan fingerprint density at radius 3 is 2.44 bits per heavy atom. The number of hydrogen-bond donors (Lipinski definition) is 2. The Kier molecular flexibility index (Phi) is 6.16. The average Bonchev–Trinajstić information content (AvgIpc) is 3.44. The number of carbonyl (C=O) groups excluding carboxylic acids is 2. The Labute approximate surface area is 168 Å². The van der Waals surface area contributed by atoms with Crippen molar-refractivity contribution in [3.05, 3.63) is 64.1 Å². The maximum absolute atomic E-state index is 13.0. The quantitative estimate of drug-likeness (QED) is 0.693. The highest BCUT2D eigenvalue weighted by Gasteiger charge is 2.33. The minimum Gasteiger partial charge on any atom is -0.336 e. The van der Waals surface area contributed by atoms with Crippen molar-refractivity contribution in [3.8, 4) is 0 Å². The number of hydrogen-bond acceptors (Lipinski definition) is 2. The van der Waals surface area contributed by atoms with E-state index in [1.54, 1.807) is 24.3 Å². The molecule has 3 rings (SSSR count). The zero-order valence-electron chi connectivity index (χ0n) is 15.5. The predicted molar refractivity (Wildman–Crippen MR) is 111 cm³/mol. The monoisotopic (exact) mass is 429 g/mol. The zero-order valence-corrected chi connectivity index (χ0v) is 17.1. The third-order valence-electron chi connectivity index (χ3n) is 4.30. The van der Waals surface area contributed by atoms with Gasteiger partial charge in [-0.15, -0.1) is 0 Å². The van der Waals surface area contributed by atoms with Gasteiger partial charge in [-0.3, -0.25) is 4.79 Å². The largest absolute Gasteiger partial charge is 0.336 e. The van der Waals surface area contributed by atoms with Crippen LogP contribution in [0, 0.1) is 0 Å². The third kappa shape index (κ3) is 5.57. The molecule has 1 fully saturated rings. The van der Waals surface area contributed by atoms with Gasteiger partial charge < -0.3 is 15.5 Å². The second-order valence-electron chi connectivity index (χ2n) is 7.12. The number of amides is 3. The molecule has 0 aliphatic heterocycles. The molecule has 27 heavy (non-hydrogen) atoms. The second-order valence-corrected chi connectivity index (χ2v) is 8.04. The first-order valence-electron chi connectivity index (χ1n) is 9.15. The summed E-state index contributed by atoms with van der Waals surface area (Å²) in [6.45, 7) is 4.40. The molecule has 0 atom stereocenters. The van der Waals surface area contributed by atoms with Crippen LogP contribution in [0.1, 0.15) is 42.6 Å². The van der Waals surface area contributed by atoms with Crippen molar-refractivity contribution >= 4 is 33.6 Å². The molecule has 0 aromatic heterocycles. The number of nitrogens with zero attached hydrogens (tertiary/aromatic N) is 1. The molecule has 2 aromatic carbocycles. The lowest BCUT2D eigenvalue weighted by Crippen LogP contribution is -2.34. The fraction of sp³-hybridized carbons (Fsp3) is 0.333. The molecule has 2 N–H and O–H groups in total. The second kappa shape index (κ2) is 8.57. The molecule has 0 radical (unpaired) electrons. The van der Waals surface area contributed by atoms with E-state index in [1.165, 1.54) is 0 Å². The number of nitrogens with one attached hydrogen (secondary N) is 2. The Hall–Kier alpha value is -2.34. The lowest BCUT2D eigenvalue weighted by atomic mass is 10.1. The number of carbonyl (C=O) groups is 2. The number of anilines is 1. The highest BCUT2D eigenvalue weighted by molar-refractivity contribution is 9.10. The highest BCUT2D eigenvalue weighted by atomic mass is 79.9. The molecule has 2 aromatic rings. The molecule has 3 amide bonds. The molecule has 6 heteroatoms. The smallest absolute Gasteiger partial charge is 0.319 e. The van der Waals surface area contributed by atoms with E-state index in [9.17, 15) is 9.59 Å². The molecule has 142 valence electrons. The normalized spacial score (nSPS) is 13.3. The molecule has 0 unspecified atom stereocenters. The van der Waals surface area contributed by atoms with Gasteiger partial charge in [0.1, 0.15) is 0 Å². The topological polar surface area (TPSA) is 61.4 Å². The summed E-state index contributed by atoms with van der Waals surface area (Å²) in [6.07, 6.45) is 2.10. The van der Waals surface area contributed by atoms with Crippen LogP contribution in [0.25, 0.3) is 0 Å². The lowest BCUT2D eigenvalue weighted by Gasteiger charge is -2.23. The molecule has 0 bridgehead atoms. The summed E-state index contributed by atoms with van der Waals surface area (Å²) in [4.78, 5) is 26.7. The Morgan fingerprint density at radius 2 is 1.85 bits per heavy atom. The third-order valence-corrected chi connectivity index (χ3v) is 4.79. The van der Waals surface area contributed by atoms with Gasteiger partial charge in [0, 0.05) is 34.4 Å². The molecule has 5 nitrogen and oxygen atoms in total. The van der Waals surface area contributed by atoms with Crippen LogP contribution in [-0.4, -0.2) is 28.9 Å². The van der Waals surface area contributed by atoms with Crippen LogP contribution >= 0.6 is 15.9 Å². The summed E-state index contributed by atoms with van der Waals surface area (Å²) in [5.41, 5.74) is 2.40. The van der Waals surface area contributed by atoms with Gasteiger partial charge >= 0.3 is 6.03 Å². The van der Waals surface area contributed by atoms with Crippen LogP contribution in [0.4, 0.5) is 10.5 Å². The van der Waals surface area contributed by atoms with Gasteiger partial charge in [0.25, 0.3) is 5.91 Å². The van der Waals surface area contributed by atoms with E-state index in [0.717, 1.165) is 22.9 Å². The summed E-state index contributed by atoms with van der Waals surface area (Å²) in [5, 5.41) is 5.54. The molecular formula is C21H24BrN3O2. The molecular weight excluding hydrogens is 406 g/mol. The van der Waals surface area contributed by atoms with Gasteiger partial charge in [0.05, 0.1) is 0 Å². The lowest BCUT2D eigenvalue weighted by molar-refractivity contribution is 0.0730. The maximum atomic E-state index is 13.0. The van der Waals surface area contributed by atoms with Crippen molar-refractivity contribution in [1.82, 2.24) is 10.2 Å². The number of halogens is 1. The van der Waals surface area contributed by atoms with Crippen molar-refractivity contribution in [2.45, 2.75) is 45.3 Å². The molecule has 0 heterocycles. The first-order valence-corrected chi connectivity index (χ1v) is 9.94. The SMILES string of the molecule is CC(C)NC(=O)Nc1ccc(C(=O)N(Cc2cccc(Br)c2)C2CC2)cc1. The van der Waals surface area contributed by atoms with Crippen molar-refractivity contribution in [2.24, 2.45) is 0 Å². The minimum atomic E-state index is -0.252. The van der Waals surface area contributed by atoms with Crippen LogP contribution in [-0.2, 0) is 6.54 Å². The van der Waals surface area contributed by atoms with E-state index in [1.807, 2.05) is 43.0 Å². The van der Waals surface area contributed by atoms with E-state index < -0.39 is 0 Å². The van der Waals surface area contributed by atoms with Crippen LogP contribution in [0.15, 0.2) is 53.0 Å². The standard InChI is InChI=1S/C21H24BrN3O2/c1-14(2)23-21(27)24-18-8-6-16(7-9-18)20(26)25(19-10-11-19)13-15-4-3-5-17(22)12-15/h3-9,12,14,19H,10-11,13H2,1-2H3,(H2,23,24,27). The van der Waals surface area contributed by atoms with Crippen molar-refractivity contribution in [1.29, 1.82) is 0 Å². The summed E-state index contributed by atoms with van der Waals surface area (Å²) in [6, 6.07) is 15.2. The minimum absolute atomic E-state index is 0.0238. The molecule has 1 aliphatic rings.